The quantitative estimate of drug-likeness (QED) is 0.262. The van der Waals surface area contributed by atoms with Gasteiger partial charge in [0.05, 0.1) is 28.8 Å². The van der Waals surface area contributed by atoms with Crippen LogP contribution in [0.25, 0.3) is 32.9 Å². The summed E-state index contributed by atoms with van der Waals surface area (Å²) in [6.45, 7) is 10.1. The second-order valence-corrected chi connectivity index (χ2v) is 14.7. The van der Waals surface area contributed by atoms with Gasteiger partial charge in [-0.15, -0.1) is 0 Å². The lowest BCUT2D eigenvalue weighted by molar-refractivity contribution is 0.0123. The Morgan fingerprint density at radius 2 is 1.76 bits per heavy atom. The van der Waals surface area contributed by atoms with Crippen molar-refractivity contribution in [3.8, 4) is 22.8 Å². The normalized spacial score (nSPS) is 22.5. The summed E-state index contributed by atoms with van der Waals surface area (Å²) in [5, 5.41) is 12.6. The molecule has 1 N–H and O–H groups in total. The number of aromatic nitrogens is 2. The highest BCUT2D eigenvalue weighted by Crippen LogP contribution is 2.41. The molecule has 9 heteroatoms. The minimum Gasteiger partial charge on any atom is -0.508 e. The van der Waals surface area contributed by atoms with E-state index in [2.05, 4.69) is 28.0 Å². The van der Waals surface area contributed by atoms with Crippen LogP contribution in [0.15, 0.2) is 54.7 Å². The molecule has 9 nitrogen and oxygen atoms in total. The zero-order valence-corrected chi connectivity index (χ0v) is 27.0. The Labute approximate surface area is 270 Å². The van der Waals surface area contributed by atoms with Crippen molar-refractivity contribution in [3.05, 3.63) is 54.7 Å². The fourth-order valence-electron chi connectivity index (χ4n) is 8.45. The highest BCUT2D eigenvalue weighted by Gasteiger charge is 2.46. The average Bonchev–Trinajstić information content (AvgIpc) is 3.68. The van der Waals surface area contributed by atoms with E-state index < -0.39 is 5.60 Å². The zero-order chi connectivity index (χ0) is 31.6. The van der Waals surface area contributed by atoms with Crippen LogP contribution in [0.3, 0.4) is 0 Å². The number of amides is 1. The van der Waals surface area contributed by atoms with Gasteiger partial charge in [0, 0.05) is 30.9 Å². The molecule has 240 valence electrons. The molecule has 4 fully saturated rings. The molecule has 4 aromatic rings. The third kappa shape index (κ3) is 5.18. The highest BCUT2D eigenvalue weighted by atomic mass is 16.6. The molecule has 2 bridgehead atoms. The molecule has 0 radical (unpaired) electrons. The van der Waals surface area contributed by atoms with Crippen LogP contribution in [0, 0.1) is 0 Å². The second kappa shape index (κ2) is 11.0. The highest BCUT2D eigenvalue weighted by molar-refractivity contribution is 6.00. The Kier molecular flexibility index (Phi) is 7.01. The van der Waals surface area contributed by atoms with E-state index in [1.165, 1.54) is 25.7 Å². The van der Waals surface area contributed by atoms with E-state index in [1.54, 1.807) is 12.1 Å². The Hall–Kier alpha value is -4.11. The van der Waals surface area contributed by atoms with Gasteiger partial charge in [-0.1, -0.05) is 24.3 Å². The van der Waals surface area contributed by atoms with Crippen molar-refractivity contribution in [2.45, 2.75) is 82.5 Å². The topological polar surface area (TPSA) is 91.3 Å². The zero-order valence-electron chi connectivity index (χ0n) is 27.0. The number of ether oxygens (including phenoxy) is 2. The van der Waals surface area contributed by atoms with Crippen LogP contribution in [0.1, 0.15) is 59.3 Å². The largest absolute Gasteiger partial charge is 0.508 e. The number of nitrogens with zero attached hydrogens (tertiary/aromatic N) is 5. The van der Waals surface area contributed by atoms with Crippen molar-refractivity contribution in [2.24, 2.45) is 0 Å². The fraction of sp³-hybridized carbons (Fsp3) is 0.486. The molecule has 4 saturated heterocycles. The fourth-order valence-corrected chi connectivity index (χ4v) is 8.45. The summed E-state index contributed by atoms with van der Waals surface area (Å²) in [7, 11) is 0. The molecule has 46 heavy (non-hydrogen) atoms. The van der Waals surface area contributed by atoms with Gasteiger partial charge in [-0.2, -0.15) is 0 Å². The van der Waals surface area contributed by atoms with Gasteiger partial charge in [0.2, 0.25) is 5.88 Å². The van der Waals surface area contributed by atoms with Crippen LogP contribution in [0.5, 0.6) is 11.6 Å². The number of carbonyl (C=O) groups excluding carboxylic acids is 1. The number of hydrogen-bond acceptors (Lipinski definition) is 8. The number of carbonyl (C=O) groups is 1. The van der Waals surface area contributed by atoms with Gasteiger partial charge >= 0.3 is 6.09 Å². The molecule has 0 unspecified atom stereocenters. The van der Waals surface area contributed by atoms with Crippen molar-refractivity contribution < 1.29 is 19.4 Å². The maximum atomic E-state index is 13.2. The van der Waals surface area contributed by atoms with Gasteiger partial charge in [0.15, 0.2) is 0 Å². The smallest absolute Gasteiger partial charge is 0.410 e. The number of rotatable bonds is 5. The van der Waals surface area contributed by atoms with Crippen LogP contribution in [0.4, 0.5) is 10.5 Å². The van der Waals surface area contributed by atoms with E-state index in [0.29, 0.717) is 25.6 Å². The first-order valence-electron chi connectivity index (χ1n) is 16.8. The molecule has 0 spiro atoms. The molecule has 1 amide bonds. The number of phenolic OH excluding ortho intramolecular Hbond substituents is 1. The van der Waals surface area contributed by atoms with Crippen LogP contribution in [-0.2, 0) is 4.74 Å². The number of benzene rings is 2. The van der Waals surface area contributed by atoms with E-state index in [-0.39, 0.29) is 29.5 Å². The molecule has 4 aliphatic heterocycles. The number of hydrogen-bond donors (Lipinski definition) is 1. The van der Waals surface area contributed by atoms with Gasteiger partial charge in [-0.3, -0.25) is 14.8 Å². The number of aromatic hydroxyl groups is 1. The van der Waals surface area contributed by atoms with Crippen molar-refractivity contribution in [2.75, 3.05) is 37.7 Å². The van der Waals surface area contributed by atoms with Gasteiger partial charge in [-0.25, -0.2) is 9.78 Å². The SMILES string of the molecule is CC(C)(C)OC(=O)N1[C@@H]2CC[C@H]1CN(c1cc(OCC34CCCN3CCC4)nc3cc(-c4cc(O)cc5ccccc45)cnc13)C2. The van der Waals surface area contributed by atoms with Crippen LogP contribution < -0.4 is 9.64 Å². The van der Waals surface area contributed by atoms with Crippen molar-refractivity contribution in [1.29, 1.82) is 0 Å². The molecule has 0 aliphatic carbocycles. The summed E-state index contributed by atoms with van der Waals surface area (Å²) in [4.78, 5) is 30.2. The van der Waals surface area contributed by atoms with Gasteiger partial charge in [0.25, 0.3) is 0 Å². The van der Waals surface area contributed by atoms with E-state index >= 15 is 0 Å². The molecule has 8 rings (SSSR count). The van der Waals surface area contributed by atoms with Gasteiger partial charge in [-0.05, 0) is 107 Å². The van der Waals surface area contributed by atoms with Gasteiger partial charge in [0.1, 0.15) is 23.5 Å². The lowest BCUT2D eigenvalue weighted by atomic mass is 9.95. The van der Waals surface area contributed by atoms with Crippen molar-refractivity contribution in [1.82, 2.24) is 19.8 Å². The first kappa shape index (κ1) is 29.3. The third-order valence-corrected chi connectivity index (χ3v) is 10.5. The molecular formula is C37H43N5O4. The van der Waals surface area contributed by atoms with Crippen molar-refractivity contribution >= 4 is 33.6 Å². The van der Waals surface area contributed by atoms with Crippen LogP contribution in [-0.4, -0.2) is 87.0 Å². The predicted octanol–water partition coefficient (Wildman–Crippen LogP) is 6.75. The molecule has 2 atom stereocenters. The molecule has 4 aliphatic rings. The lowest BCUT2D eigenvalue weighted by Gasteiger charge is -2.42. The summed E-state index contributed by atoms with van der Waals surface area (Å²) in [5.74, 6) is 0.826. The van der Waals surface area contributed by atoms with E-state index in [4.69, 9.17) is 19.4 Å². The van der Waals surface area contributed by atoms with Crippen LogP contribution >= 0.6 is 0 Å². The molecule has 2 aromatic carbocycles. The summed E-state index contributed by atoms with van der Waals surface area (Å²) in [5.41, 5.74) is 3.93. The predicted molar refractivity (Wildman–Crippen MR) is 180 cm³/mol. The Morgan fingerprint density at radius 1 is 1.02 bits per heavy atom. The summed E-state index contributed by atoms with van der Waals surface area (Å²) in [6, 6.07) is 15.9. The molecular weight excluding hydrogens is 578 g/mol. The first-order chi connectivity index (χ1) is 22.2. The molecule has 2 aromatic heterocycles. The number of phenols is 1. The minimum atomic E-state index is -0.530. The lowest BCUT2D eigenvalue weighted by Crippen LogP contribution is -2.56. The molecule has 6 heterocycles. The van der Waals surface area contributed by atoms with Crippen molar-refractivity contribution in [3.63, 3.8) is 0 Å². The summed E-state index contributed by atoms with van der Waals surface area (Å²) < 4.78 is 12.4. The number of pyridine rings is 2. The second-order valence-electron chi connectivity index (χ2n) is 14.7. The third-order valence-electron chi connectivity index (χ3n) is 10.5. The maximum Gasteiger partial charge on any atom is 0.410 e. The first-order valence-corrected chi connectivity index (χ1v) is 16.8. The van der Waals surface area contributed by atoms with E-state index in [9.17, 15) is 9.90 Å². The number of anilines is 1. The standard InChI is InChI=1S/C37H43N5O4/c1-36(2,3)46-35(44)42-26-10-11-27(42)22-40(21-26)32-19-33(45-23-37-12-6-14-41(37)15-7-13-37)39-31-17-25(20-38-34(31)32)30-18-28(43)16-24-8-4-5-9-29(24)30/h4-5,8-9,16-20,26-27,43H,6-7,10-15,21-23H2,1-3H3/t26-,27+. The molecule has 0 saturated carbocycles. The Morgan fingerprint density at radius 3 is 2.50 bits per heavy atom. The van der Waals surface area contributed by atoms with Gasteiger partial charge < -0.3 is 19.5 Å². The Balaban J connectivity index is 1.17. The number of fused-ring (bicyclic) bond motifs is 5. The summed E-state index contributed by atoms with van der Waals surface area (Å²) >= 11 is 0. The van der Waals surface area contributed by atoms with Crippen LogP contribution in [0.2, 0.25) is 0 Å². The monoisotopic (exact) mass is 621 g/mol. The average molecular weight is 622 g/mol. The van der Waals surface area contributed by atoms with E-state index in [0.717, 1.165) is 64.6 Å². The summed E-state index contributed by atoms with van der Waals surface area (Å²) in [6.07, 6.45) is 8.33. The van der Waals surface area contributed by atoms with E-state index in [1.807, 2.05) is 50.1 Å². The number of piperazine rings is 1. The maximum absolute atomic E-state index is 13.2. The minimum absolute atomic E-state index is 0.0727. The Bertz CT molecular complexity index is 1800.